The molecular formula is C12H15BrFNO2S. The molecule has 0 aliphatic heterocycles. The summed E-state index contributed by atoms with van der Waals surface area (Å²) in [6.07, 6.45) is 1.48. The van der Waals surface area contributed by atoms with Gasteiger partial charge in [-0.25, -0.2) is 12.8 Å². The van der Waals surface area contributed by atoms with E-state index in [-0.39, 0.29) is 17.5 Å². The van der Waals surface area contributed by atoms with E-state index in [4.69, 9.17) is 0 Å². The Bertz CT molecular complexity index is 543. The van der Waals surface area contributed by atoms with Gasteiger partial charge < -0.3 is 0 Å². The molecule has 6 heteroatoms. The molecule has 0 saturated carbocycles. The van der Waals surface area contributed by atoms with Crippen LogP contribution in [0.25, 0.3) is 0 Å². The van der Waals surface area contributed by atoms with Crippen molar-refractivity contribution < 1.29 is 12.8 Å². The van der Waals surface area contributed by atoms with Crippen LogP contribution in [0.15, 0.2) is 40.2 Å². The van der Waals surface area contributed by atoms with Gasteiger partial charge in [0, 0.05) is 17.1 Å². The Hall–Kier alpha value is -0.720. The zero-order valence-electron chi connectivity index (χ0n) is 10.2. The van der Waals surface area contributed by atoms with Gasteiger partial charge in [-0.15, -0.1) is 6.58 Å². The fourth-order valence-corrected chi connectivity index (χ4v) is 3.51. The summed E-state index contributed by atoms with van der Waals surface area (Å²) in [7, 11) is -3.84. The second-order valence-electron chi connectivity index (χ2n) is 4.03. The monoisotopic (exact) mass is 335 g/mol. The second kappa shape index (κ2) is 5.95. The third-order valence-electron chi connectivity index (χ3n) is 2.37. The van der Waals surface area contributed by atoms with Gasteiger partial charge in [-0.05, 0) is 32.0 Å². The lowest BCUT2D eigenvalue weighted by Crippen LogP contribution is -2.37. The molecule has 1 aromatic rings. The molecule has 18 heavy (non-hydrogen) atoms. The van der Waals surface area contributed by atoms with Gasteiger partial charge >= 0.3 is 0 Å². The van der Waals surface area contributed by atoms with Gasteiger partial charge in [0.1, 0.15) is 10.7 Å². The summed E-state index contributed by atoms with van der Waals surface area (Å²) in [5.74, 6) is -0.765. The fraction of sp³-hybridized carbons (Fsp3) is 0.333. The SMILES string of the molecule is C=CCN(C(C)C)S(=O)(=O)c1ccc(Br)cc1F. The van der Waals surface area contributed by atoms with Crippen molar-refractivity contribution in [2.75, 3.05) is 6.54 Å². The minimum atomic E-state index is -3.84. The predicted molar refractivity (Wildman–Crippen MR) is 73.3 cm³/mol. The van der Waals surface area contributed by atoms with E-state index >= 15 is 0 Å². The van der Waals surface area contributed by atoms with Crippen LogP contribution in [0, 0.1) is 5.82 Å². The first kappa shape index (κ1) is 15.3. The standard InChI is InChI=1S/C12H15BrFNO2S/c1-4-7-15(9(2)3)18(16,17)12-6-5-10(13)8-11(12)14/h4-6,8-9H,1,7H2,2-3H3. The van der Waals surface area contributed by atoms with Crippen LogP contribution in [0.5, 0.6) is 0 Å². The molecule has 0 unspecified atom stereocenters. The molecule has 0 N–H and O–H groups in total. The Morgan fingerprint density at radius 1 is 1.50 bits per heavy atom. The average molecular weight is 336 g/mol. The molecule has 1 aromatic carbocycles. The van der Waals surface area contributed by atoms with Gasteiger partial charge in [-0.3, -0.25) is 0 Å². The van der Waals surface area contributed by atoms with Crippen LogP contribution in [0.4, 0.5) is 4.39 Å². The van der Waals surface area contributed by atoms with Crippen molar-refractivity contribution >= 4 is 26.0 Å². The maximum absolute atomic E-state index is 13.7. The summed E-state index contributed by atoms with van der Waals surface area (Å²) in [5.41, 5.74) is 0. The van der Waals surface area contributed by atoms with E-state index in [0.29, 0.717) is 4.47 Å². The van der Waals surface area contributed by atoms with Crippen LogP contribution in [0.2, 0.25) is 0 Å². The molecule has 0 atom stereocenters. The van der Waals surface area contributed by atoms with Crippen LogP contribution < -0.4 is 0 Å². The fourth-order valence-electron chi connectivity index (χ4n) is 1.52. The lowest BCUT2D eigenvalue weighted by Gasteiger charge is -2.24. The van der Waals surface area contributed by atoms with Crippen molar-refractivity contribution in [2.24, 2.45) is 0 Å². The van der Waals surface area contributed by atoms with E-state index in [2.05, 4.69) is 22.5 Å². The zero-order valence-corrected chi connectivity index (χ0v) is 12.6. The van der Waals surface area contributed by atoms with Crippen molar-refractivity contribution in [1.29, 1.82) is 0 Å². The minimum absolute atomic E-state index is 0.148. The Balaban J connectivity index is 3.30. The molecule has 0 aliphatic carbocycles. The summed E-state index contributed by atoms with van der Waals surface area (Å²) < 4.78 is 40.1. The van der Waals surface area contributed by atoms with Crippen LogP contribution in [-0.2, 0) is 10.0 Å². The van der Waals surface area contributed by atoms with Crippen molar-refractivity contribution in [3.8, 4) is 0 Å². The van der Waals surface area contributed by atoms with E-state index in [1.807, 2.05) is 0 Å². The third kappa shape index (κ3) is 3.18. The maximum Gasteiger partial charge on any atom is 0.246 e. The lowest BCUT2D eigenvalue weighted by atomic mass is 10.3. The number of benzene rings is 1. The minimum Gasteiger partial charge on any atom is -0.207 e. The molecule has 0 bridgehead atoms. The molecule has 0 aromatic heterocycles. The van der Waals surface area contributed by atoms with E-state index in [1.54, 1.807) is 13.8 Å². The third-order valence-corrected chi connectivity index (χ3v) is 4.93. The Kier molecular flexibility index (Phi) is 5.07. The van der Waals surface area contributed by atoms with E-state index in [1.165, 1.54) is 22.5 Å². The number of sulfonamides is 1. The van der Waals surface area contributed by atoms with E-state index in [0.717, 1.165) is 6.07 Å². The Morgan fingerprint density at radius 3 is 2.56 bits per heavy atom. The van der Waals surface area contributed by atoms with Crippen LogP contribution in [-0.4, -0.2) is 25.3 Å². The zero-order chi connectivity index (χ0) is 13.9. The molecule has 0 amide bonds. The number of rotatable bonds is 5. The topological polar surface area (TPSA) is 37.4 Å². The summed E-state index contributed by atoms with van der Waals surface area (Å²) in [6.45, 7) is 7.14. The molecule has 3 nitrogen and oxygen atoms in total. The first-order valence-electron chi connectivity index (χ1n) is 5.38. The number of nitrogens with zero attached hydrogens (tertiary/aromatic N) is 1. The Morgan fingerprint density at radius 2 is 2.11 bits per heavy atom. The molecule has 100 valence electrons. The quantitative estimate of drug-likeness (QED) is 0.775. The normalized spacial score (nSPS) is 12.1. The molecule has 0 radical (unpaired) electrons. The Labute approximate surface area is 115 Å². The maximum atomic E-state index is 13.7. The second-order valence-corrected chi connectivity index (χ2v) is 6.81. The van der Waals surface area contributed by atoms with Crippen LogP contribution in [0.1, 0.15) is 13.8 Å². The van der Waals surface area contributed by atoms with Gasteiger partial charge in [0.15, 0.2) is 0 Å². The number of halogens is 2. The first-order chi connectivity index (χ1) is 8.30. The molecule has 0 spiro atoms. The molecular weight excluding hydrogens is 321 g/mol. The van der Waals surface area contributed by atoms with Gasteiger partial charge in [-0.1, -0.05) is 22.0 Å². The van der Waals surface area contributed by atoms with E-state index < -0.39 is 15.8 Å². The van der Waals surface area contributed by atoms with Crippen molar-refractivity contribution in [2.45, 2.75) is 24.8 Å². The largest absolute Gasteiger partial charge is 0.246 e. The molecule has 0 heterocycles. The molecule has 0 saturated heterocycles. The van der Waals surface area contributed by atoms with Gasteiger partial charge in [0.25, 0.3) is 0 Å². The molecule has 0 fully saturated rings. The predicted octanol–water partition coefficient (Wildman–Crippen LogP) is 3.17. The summed E-state index contributed by atoms with van der Waals surface area (Å²) >= 11 is 3.10. The highest BCUT2D eigenvalue weighted by atomic mass is 79.9. The first-order valence-corrected chi connectivity index (χ1v) is 7.61. The smallest absolute Gasteiger partial charge is 0.207 e. The average Bonchev–Trinajstić information content (AvgIpc) is 2.24. The summed E-state index contributed by atoms with van der Waals surface area (Å²) in [5, 5.41) is 0. The summed E-state index contributed by atoms with van der Waals surface area (Å²) in [4.78, 5) is -0.318. The number of hydrogen-bond acceptors (Lipinski definition) is 2. The van der Waals surface area contributed by atoms with Gasteiger partial charge in [-0.2, -0.15) is 4.31 Å². The van der Waals surface area contributed by atoms with Gasteiger partial charge in [0.05, 0.1) is 0 Å². The lowest BCUT2D eigenvalue weighted by molar-refractivity contribution is 0.380. The van der Waals surface area contributed by atoms with Crippen molar-refractivity contribution in [1.82, 2.24) is 4.31 Å². The van der Waals surface area contributed by atoms with Crippen molar-refractivity contribution in [3.63, 3.8) is 0 Å². The van der Waals surface area contributed by atoms with Crippen LogP contribution >= 0.6 is 15.9 Å². The molecule has 1 rings (SSSR count). The highest BCUT2D eigenvalue weighted by Crippen LogP contribution is 2.23. The molecule has 0 aliphatic rings. The highest BCUT2D eigenvalue weighted by Gasteiger charge is 2.28. The van der Waals surface area contributed by atoms with E-state index in [9.17, 15) is 12.8 Å². The van der Waals surface area contributed by atoms with Gasteiger partial charge in [0.2, 0.25) is 10.0 Å². The summed E-state index contributed by atoms with van der Waals surface area (Å²) in [6, 6.07) is 3.63. The highest BCUT2D eigenvalue weighted by molar-refractivity contribution is 9.10. The van der Waals surface area contributed by atoms with Crippen LogP contribution in [0.3, 0.4) is 0 Å². The van der Waals surface area contributed by atoms with Crippen molar-refractivity contribution in [3.05, 3.63) is 41.1 Å². The number of hydrogen-bond donors (Lipinski definition) is 0.